The van der Waals surface area contributed by atoms with Crippen LogP contribution in [0.5, 0.6) is 0 Å². The molecule has 4 heteroatoms. The number of rotatable bonds is 7. The Balaban J connectivity index is 2.42. The van der Waals surface area contributed by atoms with Gasteiger partial charge >= 0.3 is 0 Å². The summed E-state index contributed by atoms with van der Waals surface area (Å²) in [6, 6.07) is 0. The van der Waals surface area contributed by atoms with Gasteiger partial charge in [-0.25, -0.2) is 9.97 Å². The average molecular weight is 222 g/mol. The Hall–Kier alpha value is -1.00. The largest absolute Gasteiger partial charge is 0.330 e. The number of nitrogens with zero attached hydrogens (tertiary/aromatic N) is 3. The highest BCUT2D eigenvalue weighted by Gasteiger charge is 2.02. The molecule has 1 heterocycles. The maximum atomic E-state index is 5.47. The molecule has 0 bridgehead atoms. The van der Waals surface area contributed by atoms with Gasteiger partial charge in [-0.2, -0.15) is 0 Å². The van der Waals surface area contributed by atoms with Gasteiger partial charge in [0.1, 0.15) is 5.82 Å². The fraction of sp³-hybridized carbons (Fsp3) is 0.667. The van der Waals surface area contributed by atoms with E-state index in [0.29, 0.717) is 6.54 Å². The molecule has 0 saturated heterocycles. The van der Waals surface area contributed by atoms with Crippen molar-refractivity contribution in [2.75, 3.05) is 26.2 Å². The number of hydrogen-bond donors (Lipinski definition) is 1. The van der Waals surface area contributed by atoms with Crippen LogP contribution >= 0.6 is 0 Å². The molecule has 0 aliphatic heterocycles. The maximum Gasteiger partial charge on any atom is 0.129 e. The highest BCUT2D eigenvalue weighted by molar-refractivity contribution is 5.05. The minimum absolute atomic E-state index is 0.655. The van der Waals surface area contributed by atoms with Crippen LogP contribution in [-0.4, -0.2) is 41.0 Å². The van der Waals surface area contributed by atoms with Crippen molar-refractivity contribution in [1.82, 2.24) is 14.9 Å². The first-order chi connectivity index (χ1) is 7.80. The van der Waals surface area contributed by atoms with E-state index in [1.807, 2.05) is 12.4 Å². The molecule has 0 aliphatic carbocycles. The fourth-order valence-corrected chi connectivity index (χ4v) is 1.60. The zero-order valence-electron chi connectivity index (χ0n) is 10.3. The van der Waals surface area contributed by atoms with Gasteiger partial charge in [-0.15, -0.1) is 0 Å². The molecule has 16 heavy (non-hydrogen) atoms. The molecular formula is C12H22N4. The third-order valence-corrected chi connectivity index (χ3v) is 2.74. The first kappa shape index (κ1) is 13.1. The van der Waals surface area contributed by atoms with Crippen molar-refractivity contribution in [2.24, 2.45) is 5.73 Å². The molecule has 90 valence electrons. The quantitative estimate of drug-likeness (QED) is 0.743. The van der Waals surface area contributed by atoms with Gasteiger partial charge in [-0.3, -0.25) is 0 Å². The lowest BCUT2D eigenvalue weighted by molar-refractivity contribution is 0.305. The van der Waals surface area contributed by atoms with E-state index in [4.69, 9.17) is 5.73 Å². The van der Waals surface area contributed by atoms with E-state index in [1.54, 1.807) is 0 Å². The van der Waals surface area contributed by atoms with E-state index in [9.17, 15) is 0 Å². The monoisotopic (exact) mass is 222 g/mol. The summed E-state index contributed by atoms with van der Waals surface area (Å²) in [4.78, 5) is 11.1. The van der Waals surface area contributed by atoms with E-state index in [2.05, 4.69) is 28.7 Å². The molecule has 1 rings (SSSR count). The molecule has 1 aromatic rings. The van der Waals surface area contributed by atoms with Gasteiger partial charge in [-0.1, -0.05) is 13.8 Å². The summed E-state index contributed by atoms with van der Waals surface area (Å²) >= 11 is 0. The van der Waals surface area contributed by atoms with Gasteiger partial charge in [-0.05, 0) is 31.6 Å². The Morgan fingerprint density at radius 2 is 1.75 bits per heavy atom. The summed E-state index contributed by atoms with van der Waals surface area (Å²) in [5.41, 5.74) is 6.59. The summed E-state index contributed by atoms with van der Waals surface area (Å²) in [6.45, 7) is 8.21. The summed E-state index contributed by atoms with van der Waals surface area (Å²) in [5, 5.41) is 0. The number of hydrogen-bond acceptors (Lipinski definition) is 4. The predicted molar refractivity (Wildman–Crippen MR) is 66.3 cm³/mol. The van der Waals surface area contributed by atoms with Crippen LogP contribution in [0.3, 0.4) is 0 Å². The first-order valence-corrected chi connectivity index (χ1v) is 6.02. The Morgan fingerprint density at radius 1 is 1.12 bits per heavy atom. The second-order valence-corrected chi connectivity index (χ2v) is 3.82. The second-order valence-electron chi connectivity index (χ2n) is 3.82. The molecule has 0 fully saturated rings. The molecule has 0 aliphatic rings. The lowest BCUT2D eigenvalue weighted by Crippen LogP contribution is -2.25. The van der Waals surface area contributed by atoms with Crippen LogP contribution in [-0.2, 0) is 12.8 Å². The molecule has 1 aromatic heterocycles. The summed E-state index contributed by atoms with van der Waals surface area (Å²) < 4.78 is 0. The van der Waals surface area contributed by atoms with Crippen molar-refractivity contribution in [2.45, 2.75) is 26.7 Å². The molecule has 2 N–H and O–H groups in total. The SMILES string of the molecule is CCN(CC)CCc1ncc(CCN)cn1. The molecule has 0 aromatic carbocycles. The number of aromatic nitrogens is 2. The van der Waals surface area contributed by atoms with E-state index in [-0.39, 0.29) is 0 Å². The van der Waals surface area contributed by atoms with Crippen molar-refractivity contribution in [3.8, 4) is 0 Å². The van der Waals surface area contributed by atoms with Crippen molar-refractivity contribution < 1.29 is 0 Å². The molecule has 0 radical (unpaired) electrons. The Bertz CT molecular complexity index is 280. The van der Waals surface area contributed by atoms with Gasteiger partial charge < -0.3 is 10.6 Å². The Kier molecular flexibility index (Phi) is 5.96. The zero-order chi connectivity index (χ0) is 11.8. The van der Waals surface area contributed by atoms with Gasteiger partial charge in [0, 0.05) is 25.4 Å². The van der Waals surface area contributed by atoms with Crippen LogP contribution in [0, 0.1) is 0 Å². The summed E-state index contributed by atoms with van der Waals surface area (Å²) in [6.07, 6.45) is 5.55. The van der Waals surface area contributed by atoms with E-state index < -0.39 is 0 Å². The van der Waals surface area contributed by atoms with Crippen LogP contribution in [0.25, 0.3) is 0 Å². The first-order valence-electron chi connectivity index (χ1n) is 6.02. The summed E-state index contributed by atoms with van der Waals surface area (Å²) in [7, 11) is 0. The standard InChI is InChI=1S/C12H22N4/c1-3-16(4-2)8-6-12-14-9-11(5-7-13)10-15-12/h9-10H,3-8,13H2,1-2H3. The minimum Gasteiger partial charge on any atom is -0.330 e. The lowest BCUT2D eigenvalue weighted by Gasteiger charge is -2.16. The van der Waals surface area contributed by atoms with E-state index in [0.717, 1.165) is 43.9 Å². The number of likely N-dealkylation sites (N-methyl/N-ethyl adjacent to an activating group) is 1. The fourth-order valence-electron chi connectivity index (χ4n) is 1.60. The van der Waals surface area contributed by atoms with Crippen molar-refractivity contribution in [1.29, 1.82) is 0 Å². The molecule has 4 nitrogen and oxygen atoms in total. The van der Waals surface area contributed by atoms with Crippen LogP contribution in [0.15, 0.2) is 12.4 Å². The molecule has 0 unspecified atom stereocenters. The van der Waals surface area contributed by atoms with Crippen LogP contribution in [0.1, 0.15) is 25.2 Å². The topological polar surface area (TPSA) is 55.0 Å². The Morgan fingerprint density at radius 3 is 2.25 bits per heavy atom. The van der Waals surface area contributed by atoms with E-state index >= 15 is 0 Å². The second kappa shape index (κ2) is 7.30. The van der Waals surface area contributed by atoms with Gasteiger partial charge in [0.2, 0.25) is 0 Å². The molecule has 0 amide bonds. The number of nitrogens with two attached hydrogens (primary N) is 1. The molecule has 0 spiro atoms. The van der Waals surface area contributed by atoms with E-state index in [1.165, 1.54) is 0 Å². The Labute approximate surface area is 97.9 Å². The zero-order valence-corrected chi connectivity index (χ0v) is 10.3. The van der Waals surface area contributed by atoms with Crippen LogP contribution in [0.4, 0.5) is 0 Å². The van der Waals surface area contributed by atoms with Crippen molar-refractivity contribution in [3.05, 3.63) is 23.8 Å². The van der Waals surface area contributed by atoms with Crippen molar-refractivity contribution >= 4 is 0 Å². The lowest BCUT2D eigenvalue weighted by atomic mass is 10.2. The normalized spacial score (nSPS) is 11.0. The predicted octanol–water partition coefficient (Wildman–Crippen LogP) is 0.862. The third kappa shape index (κ3) is 4.24. The van der Waals surface area contributed by atoms with Crippen LogP contribution in [0.2, 0.25) is 0 Å². The average Bonchev–Trinajstić information content (AvgIpc) is 2.33. The smallest absolute Gasteiger partial charge is 0.129 e. The highest BCUT2D eigenvalue weighted by atomic mass is 15.1. The minimum atomic E-state index is 0.655. The molecular weight excluding hydrogens is 200 g/mol. The molecule has 0 atom stereocenters. The maximum absolute atomic E-state index is 5.47. The van der Waals surface area contributed by atoms with Crippen molar-refractivity contribution in [3.63, 3.8) is 0 Å². The van der Waals surface area contributed by atoms with Gasteiger partial charge in [0.15, 0.2) is 0 Å². The van der Waals surface area contributed by atoms with Gasteiger partial charge in [0.05, 0.1) is 0 Å². The highest BCUT2D eigenvalue weighted by Crippen LogP contribution is 1.98. The van der Waals surface area contributed by atoms with Gasteiger partial charge in [0.25, 0.3) is 0 Å². The third-order valence-electron chi connectivity index (χ3n) is 2.74. The summed E-state index contributed by atoms with van der Waals surface area (Å²) in [5.74, 6) is 0.924. The van der Waals surface area contributed by atoms with Crippen LogP contribution < -0.4 is 5.73 Å². The molecule has 0 saturated carbocycles.